The minimum Gasteiger partial charge on any atom is -0.480 e. The van der Waals surface area contributed by atoms with Crippen LogP contribution in [-0.2, 0) is 4.79 Å². The first-order chi connectivity index (χ1) is 8.86. The molecule has 0 saturated carbocycles. The number of hydrogen-bond donors (Lipinski definition) is 2. The van der Waals surface area contributed by atoms with Crippen LogP contribution < -0.4 is 5.32 Å². The van der Waals surface area contributed by atoms with E-state index in [-0.39, 0.29) is 0 Å². The van der Waals surface area contributed by atoms with Gasteiger partial charge in [-0.2, -0.15) is 0 Å². The Morgan fingerprint density at radius 1 is 1.53 bits per heavy atom. The second-order valence-electron chi connectivity index (χ2n) is 3.93. The summed E-state index contributed by atoms with van der Waals surface area (Å²) in [5.74, 6) is -1.46. The van der Waals surface area contributed by atoms with Gasteiger partial charge in [0.15, 0.2) is 0 Å². The SMILES string of the molecule is CCC(C(=O)O)N(C)C(=O)Nc1ccc(F)cc1I. The van der Waals surface area contributed by atoms with E-state index < -0.39 is 23.9 Å². The standard InChI is InChI=1S/C12H14FIN2O3/c1-3-10(11(17)18)16(2)12(19)15-9-5-4-7(13)6-8(9)14/h4-6,10H,3H2,1-2H3,(H,15,19)(H,17,18). The third-order valence-corrected chi connectivity index (χ3v) is 3.52. The van der Waals surface area contributed by atoms with Crippen LogP contribution in [-0.4, -0.2) is 35.1 Å². The quantitative estimate of drug-likeness (QED) is 0.790. The second kappa shape index (κ2) is 6.69. The number of aliphatic carboxylic acids is 1. The Bertz CT molecular complexity index is 496. The molecule has 19 heavy (non-hydrogen) atoms. The number of anilines is 1. The third-order valence-electron chi connectivity index (χ3n) is 2.63. The maximum atomic E-state index is 12.9. The van der Waals surface area contributed by atoms with Gasteiger partial charge in [-0.1, -0.05) is 6.92 Å². The molecule has 0 aliphatic carbocycles. The van der Waals surface area contributed by atoms with Crippen LogP contribution in [0.3, 0.4) is 0 Å². The van der Waals surface area contributed by atoms with Gasteiger partial charge >= 0.3 is 12.0 Å². The molecule has 2 amide bonds. The number of benzene rings is 1. The predicted molar refractivity (Wildman–Crippen MR) is 77.6 cm³/mol. The van der Waals surface area contributed by atoms with E-state index in [4.69, 9.17) is 5.11 Å². The van der Waals surface area contributed by atoms with E-state index in [9.17, 15) is 14.0 Å². The molecule has 5 nitrogen and oxygen atoms in total. The van der Waals surface area contributed by atoms with Gasteiger partial charge in [-0.3, -0.25) is 0 Å². The van der Waals surface area contributed by atoms with E-state index in [1.165, 1.54) is 25.2 Å². The van der Waals surface area contributed by atoms with Gasteiger partial charge in [0.1, 0.15) is 11.9 Å². The first-order valence-corrected chi connectivity index (χ1v) is 6.66. The molecule has 1 aromatic carbocycles. The number of hydrogen-bond acceptors (Lipinski definition) is 2. The fourth-order valence-corrected chi connectivity index (χ4v) is 2.16. The Kier molecular flexibility index (Phi) is 5.52. The van der Waals surface area contributed by atoms with Gasteiger partial charge in [0.05, 0.1) is 5.69 Å². The van der Waals surface area contributed by atoms with Gasteiger partial charge < -0.3 is 15.3 Å². The summed E-state index contributed by atoms with van der Waals surface area (Å²) < 4.78 is 13.5. The Morgan fingerprint density at radius 3 is 2.63 bits per heavy atom. The number of carboxylic acids is 1. The fourth-order valence-electron chi connectivity index (χ4n) is 1.55. The van der Waals surface area contributed by atoms with Crippen LogP contribution in [0.1, 0.15) is 13.3 Å². The lowest BCUT2D eigenvalue weighted by Crippen LogP contribution is -2.44. The number of carboxylic acid groups (broad SMARTS) is 1. The summed E-state index contributed by atoms with van der Waals surface area (Å²) >= 11 is 1.89. The lowest BCUT2D eigenvalue weighted by molar-refractivity contribution is -0.141. The van der Waals surface area contributed by atoms with Crippen molar-refractivity contribution >= 4 is 40.3 Å². The van der Waals surface area contributed by atoms with E-state index in [1.54, 1.807) is 6.92 Å². The van der Waals surface area contributed by atoms with Gasteiger partial charge in [-0.05, 0) is 47.2 Å². The Labute approximate surface area is 123 Å². The average molecular weight is 380 g/mol. The number of likely N-dealkylation sites (N-methyl/N-ethyl adjacent to an activating group) is 1. The Hall–Kier alpha value is -1.38. The summed E-state index contributed by atoms with van der Waals surface area (Å²) in [4.78, 5) is 24.0. The minimum atomic E-state index is -1.06. The third kappa shape index (κ3) is 4.05. The van der Waals surface area contributed by atoms with E-state index >= 15 is 0 Å². The summed E-state index contributed by atoms with van der Waals surface area (Å²) in [6, 6.07) is 2.51. The molecule has 7 heteroatoms. The monoisotopic (exact) mass is 380 g/mol. The van der Waals surface area contributed by atoms with Crippen molar-refractivity contribution in [3.63, 3.8) is 0 Å². The molecule has 0 bridgehead atoms. The van der Waals surface area contributed by atoms with Crippen LogP contribution in [0.5, 0.6) is 0 Å². The van der Waals surface area contributed by atoms with E-state index in [2.05, 4.69) is 5.32 Å². The van der Waals surface area contributed by atoms with Crippen LogP contribution in [0, 0.1) is 9.39 Å². The molecule has 1 unspecified atom stereocenters. The van der Waals surface area contributed by atoms with Crippen LogP contribution in [0.4, 0.5) is 14.9 Å². The Balaban J connectivity index is 2.81. The van der Waals surface area contributed by atoms with E-state index in [1.807, 2.05) is 22.6 Å². The van der Waals surface area contributed by atoms with Crippen molar-refractivity contribution in [1.82, 2.24) is 4.90 Å². The number of urea groups is 1. The van der Waals surface area contributed by atoms with Crippen LogP contribution in [0.25, 0.3) is 0 Å². The maximum Gasteiger partial charge on any atom is 0.326 e. The van der Waals surface area contributed by atoms with Crippen molar-refractivity contribution in [3.8, 4) is 0 Å². The van der Waals surface area contributed by atoms with E-state index in [0.29, 0.717) is 15.7 Å². The van der Waals surface area contributed by atoms with Crippen molar-refractivity contribution in [3.05, 3.63) is 27.6 Å². The highest BCUT2D eigenvalue weighted by atomic mass is 127. The van der Waals surface area contributed by atoms with Crippen molar-refractivity contribution in [2.45, 2.75) is 19.4 Å². The van der Waals surface area contributed by atoms with Crippen molar-refractivity contribution in [2.75, 3.05) is 12.4 Å². The number of rotatable bonds is 4. The number of carbonyl (C=O) groups excluding carboxylic acids is 1. The number of carbonyl (C=O) groups is 2. The maximum absolute atomic E-state index is 12.9. The number of nitrogens with one attached hydrogen (secondary N) is 1. The largest absolute Gasteiger partial charge is 0.480 e. The molecule has 0 aromatic heterocycles. The van der Waals surface area contributed by atoms with Gasteiger partial charge in [-0.25, -0.2) is 14.0 Å². The van der Waals surface area contributed by atoms with E-state index in [0.717, 1.165) is 4.90 Å². The van der Waals surface area contributed by atoms with Crippen molar-refractivity contribution < 1.29 is 19.1 Å². The Morgan fingerprint density at radius 2 is 2.16 bits per heavy atom. The molecule has 1 rings (SSSR count). The zero-order chi connectivity index (χ0) is 14.6. The summed E-state index contributed by atoms with van der Waals surface area (Å²) in [5, 5.41) is 11.5. The number of halogens is 2. The van der Waals surface area contributed by atoms with Crippen LogP contribution in [0.15, 0.2) is 18.2 Å². The normalized spacial score (nSPS) is 11.8. The van der Waals surface area contributed by atoms with Gasteiger partial charge in [0.2, 0.25) is 0 Å². The molecule has 2 N–H and O–H groups in total. The molecule has 1 atom stereocenters. The van der Waals surface area contributed by atoms with Gasteiger partial charge in [0, 0.05) is 10.6 Å². The topological polar surface area (TPSA) is 69.6 Å². The lowest BCUT2D eigenvalue weighted by atomic mass is 10.2. The summed E-state index contributed by atoms with van der Waals surface area (Å²) in [5.41, 5.74) is 0.444. The summed E-state index contributed by atoms with van der Waals surface area (Å²) in [6.45, 7) is 1.68. The molecule has 0 aliphatic heterocycles. The highest BCUT2D eigenvalue weighted by Gasteiger charge is 2.24. The molecule has 0 spiro atoms. The molecule has 0 saturated heterocycles. The molecular formula is C12H14FIN2O3. The molecule has 104 valence electrons. The molecular weight excluding hydrogens is 366 g/mol. The zero-order valence-electron chi connectivity index (χ0n) is 10.5. The van der Waals surface area contributed by atoms with Crippen molar-refractivity contribution in [1.29, 1.82) is 0 Å². The molecule has 1 aromatic rings. The van der Waals surface area contributed by atoms with Crippen LogP contribution >= 0.6 is 22.6 Å². The molecule has 0 radical (unpaired) electrons. The summed E-state index contributed by atoms with van der Waals surface area (Å²) in [7, 11) is 1.41. The second-order valence-corrected chi connectivity index (χ2v) is 5.09. The number of nitrogens with zero attached hydrogens (tertiary/aromatic N) is 1. The minimum absolute atomic E-state index is 0.305. The van der Waals surface area contributed by atoms with Crippen LogP contribution in [0.2, 0.25) is 0 Å². The highest BCUT2D eigenvalue weighted by molar-refractivity contribution is 14.1. The highest BCUT2D eigenvalue weighted by Crippen LogP contribution is 2.19. The first kappa shape index (κ1) is 15.7. The predicted octanol–water partition coefficient (Wildman–Crippen LogP) is 2.76. The molecule has 0 aliphatic rings. The fraction of sp³-hybridized carbons (Fsp3) is 0.333. The number of amides is 2. The molecule has 0 heterocycles. The molecule has 0 fully saturated rings. The zero-order valence-corrected chi connectivity index (χ0v) is 12.6. The summed E-state index contributed by atoms with van der Waals surface area (Å²) in [6.07, 6.45) is 0.305. The first-order valence-electron chi connectivity index (χ1n) is 5.58. The lowest BCUT2D eigenvalue weighted by Gasteiger charge is -2.24. The van der Waals surface area contributed by atoms with Crippen molar-refractivity contribution in [2.24, 2.45) is 0 Å². The van der Waals surface area contributed by atoms with Gasteiger partial charge in [0.25, 0.3) is 0 Å². The van der Waals surface area contributed by atoms with Gasteiger partial charge in [-0.15, -0.1) is 0 Å². The smallest absolute Gasteiger partial charge is 0.326 e. The average Bonchev–Trinajstić information content (AvgIpc) is 2.32.